The van der Waals surface area contributed by atoms with Crippen molar-refractivity contribution >= 4 is 46.9 Å². The maximum atomic E-state index is 11.9. The third-order valence-corrected chi connectivity index (χ3v) is 5.35. The lowest BCUT2D eigenvalue weighted by Crippen LogP contribution is -2.68. The minimum atomic E-state index is -0.630. The number of rotatable bonds is 6. The Kier molecular flexibility index (Phi) is 7.12. The molecule has 0 unspecified atom stereocenters. The van der Waals surface area contributed by atoms with Gasteiger partial charge in [-0.1, -0.05) is 6.08 Å². The highest BCUT2D eigenvalue weighted by molar-refractivity contribution is 8.00. The topological polar surface area (TPSA) is 83.6 Å². The highest BCUT2D eigenvalue weighted by Crippen LogP contribution is 2.40. The number of fused-ring (bicyclic) bond motifs is 1. The van der Waals surface area contributed by atoms with E-state index in [0.29, 0.717) is 23.3 Å². The first kappa shape index (κ1) is 20.5. The van der Waals surface area contributed by atoms with Gasteiger partial charge >= 0.3 is 0 Å². The first-order valence-electron chi connectivity index (χ1n) is 7.01. The molecular weight excluding hydrogens is 361 g/mol. The van der Waals surface area contributed by atoms with Gasteiger partial charge in [0.15, 0.2) is 0 Å². The number of aliphatic hydroxyl groups excluding tert-OH is 1. The fourth-order valence-corrected chi connectivity index (χ4v) is 3.97. The second-order valence-electron chi connectivity index (χ2n) is 6.05. The third kappa shape index (κ3) is 4.29. The second-order valence-corrected chi connectivity index (χ2v) is 7.50. The standard InChI is InChI=1S/C14H21ClN3O3S.ClH/c1-18(2,6-7-19)5-3-4-9-8-22-14-10(16)13(21)17(14)11(9)12(15)20;/h3-4,10,14,19H,5-8,16H2,1-2H3;1H/q+1;/b4-3+;/t10-,14-;/m1./s1. The largest absolute Gasteiger partial charge is 0.391 e. The van der Waals surface area contributed by atoms with Crippen molar-refractivity contribution in [1.82, 2.24) is 4.90 Å². The van der Waals surface area contributed by atoms with Gasteiger partial charge in [-0.05, 0) is 23.3 Å². The minimum absolute atomic E-state index is 0. The molecule has 2 heterocycles. The molecule has 0 aromatic carbocycles. The van der Waals surface area contributed by atoms with E-state index in [2.05, 4.69) is 0 Å². The predicted octanol–water partition coefficient (Wildman–Crippen LogP) is 0.295. The summed E-state index contributed by atoms with van der Waals surface area (Å²) >= 11 is 7.20. The van der Waals surface area contributed by atoms with Gasteiger partial charge in [0.05, 0.1) is 27.2 Å². The molecule has 0 spiro atoms. The molecule has 0 aromatic rings. The average molecular weight is 383 g/mol. The zero-order chi connectivity index (χ0) is 16.5. The Bertz CT molecular complexity index is 551. The van der Waals surface area contributed by atoms with Crippen LogP contribution in [0.3, 0.4) is 0 Å². The van der Waals surface area contributed by atoms with E-state index in [1.807, 2.05) is 26.2 Å². The molecule has 3 N–H and O–H groups in total. The lowest BCUT2D eigenvalue weighted by molar-refractivity contribution is -0.884. The van der Waals surface area contributed by atoms with Crippen molar-refractivity contribution in [2.24, 2.45) is 5.73 Å². The molecule has 23 heavy (non-hydrogen) atoms. The summed E-state index contributed by atoms with van der Waals surface area (Å²) < 4.78 is 0.633. The summed E-state index contributed by atoms with van der Waals surface area (Å²) in [6, 6.07) is -0.554. The Morgan fingerprint density at radius 2 is 2.22 bits per heavy atom. The fourth-order valence-electron chi connectivity index (χ4n) is 2.49. The Labute approximate surface area is 151 Å². The summed E-state index contributed by atoms with van der Waals surface area (Å²) in [6.07, 6.45) is 3.78. The lowest BCUT2D eigenvalue weighted by Gasteiger charge is -2.48. The number of nitrogens with zero attached hydrogens (tertiary/aromatic N) is 2. The van der Waals surface area contributed by atoms with Crippen LogP contribution in [0.2, 0.25) is 0 Å². The van der Waals surface area contributed by atoms with Crippen LogP contribution < -0.4 is 5.73 Å². The smallest absolute Gasteiger partial charge is 0.269 e. The maximum absolute atomic E-state index is 11.9. The molecule has 2 aliphatic heterocycles. The van der Waals surface area contributed by atoms with Crippen LogP contribution in [0.5, 0.6) is 0 Å². The minimum Gasteiger partial charge on any atom is -0.391 e. The summed E-state index contributed by atoms with van der Waals surface area (Å²) in [5.74, 6) is 0.336. The molecule has 0 bridgehead atoms. The van der Waals surface area contributed by atoms with Gasteiger partial charge in [0.25, 0.3) is 5.24 Å². The normalized spacial score (nSPS) is 24.4. The Morgan fingerprint density at radius 1 is 1.57 bits per heavy atom. The summed E-state index contributed by atoms with van der Waals surface area (Å²) in [5.41, 5.74) is 6.73. The van der Waals surface area contributed by atoms with Gasteiger partial charge < -0.3 is 15.3 Å². The maximum Gasteiger partial charge on any atom is 0.269 e. The monoisotopic (exact) mass is 382 g/mol. The number of amides is 1. The predicted molar refractivity (Wildman–Crippen MR) is 94.3 cm³/mol. The van der Waals surface area contributed by atoms with Crippen molar-refractivity contribution in [2.45, 2.75) is 11.4 Å². The van der Waals surface area contributed by atoms with Gasteiger partial charge in [-0.25, -0.2) is 0 Å². The van der Waals surface area contributed by atoms with E-state index in [9.17, 15) is 9.59 Å². The third-order valence-electron chi connectivity index (χ3n) is 3.85. The molecule has 2 rings (SSSR count). The van der Waals surface area contributed by atoms with E-state index in [4.69, 9.17) is 22.4 Å². The Balaban J connectivity index is 0.00000264. The Hall–Kier alpha value is -0.570. The van der Waals surface area contributed by atoms with E-state index in [0.717, 1.165) is 5.57 Å². The molecule has 1 amide bonds. The van der Waals surface area contributed by atoms with Crippen molar-refractivity contribution in [3.05, 3.63) is 23.4 Å². The number of β-lactam (4-membered cyclic amide) rings is 1. The molecule has 0 aliphatic carbocycles. The second kappa shape index (κ2) is 8.00. The molecule has 0 aromatic heterocycles. The van der Waals surface area contributed by atoms with Crippen molar-refractivity contribution in [1.29, 1.82) is 0 Å². The summed E-state index contributed by atoms with van der Waals surface area (Å²) in [6.45, 7) is 1.46. The highest BCUT2D eigenvalue weighted by Gasteiger charge is 2.51. The van der Waals surface area contributed by atoms with E-state index in [1.165, 1.54) is 16.7 Å². The molecule has 130 valence electrons. The van der Waals surface area contributed by atoms with Crippen LogP contribution in [0.25, 0.3) is 0 Å². The number of carbonyl (C=O) groups is 2. The van der Waals surface area contributed by atoms with Crippen molar-refractivity contribution in [3.63, 3.8) is 0 Å². The van der Waals surface area contributed by atoms with Gasteiger partial charge in [0.2, 0.25) is 5.91 Å². The van der Waals surface area contributed by atoms with Crippen molar-refractivity contribution in [2.75, 3.05) is 39.5 Å². The molecule has 1 saturated heterocycles. The number of likely N-dealkylation sites (N-methyl/N-ethyl adjacent to an activating group) is 1. The van der Waals surface area contributed by atoms with Crippen LogP contribution in [0.15, 0.2) is 23.4 Å². The van der Waals surface area contributed by atoms with Crippen molar-refractivity contribution in [3.8, 4) is 0 Å². The van der Waals surface area contributed by atoms with Gasteiger partial charge in [-0.3, -0.25) is 14.5 Å². The number of carbonyl (C=O) groups excluding carboxylic acids is 2. The number of nitrogens with two attached hydrogens (primary N) is 1. The molecule has 9 heteroatoms. The number of allylic oxidation sites excluding steroid dienone is 2. The summed E-state index contributed by atoms with van der Waals surface area (Å²) in [7, 11) is 4.01. The molecule has 6 nitrogen and oxygen atoms in total. The van der Waals surface area contributed by atoms with Crippen LogP contribution in [-0.2, 0) is 9.59 Å². The van der Waals surface area contributed by atoms with E-state index in [-0.39, 0.29) is 36.0 Å². The number of aliphatic hydroxyl groups is 1. The number of hydrogen-bond acceptors (Lipinski definition) is 5. The quantitative estimate of drug-likeness (QED) is 0.392. The first-order chi connectivity index (χ1) is 10.3. The van der Waals surface area contributed by atoms with E-state index < -0.39 is 11.3 Å². The zero-order valence-electron chi connectivity index (χ0n) is 13.1. The van der Waals surface area contributed by atoms with Gasteiger partial charge in [0, 0.05) is 5.75 Å². The van der Waals surface area contributed by atoms with Crippen LogP contribution in [-0.4, -0.2) is 76.6 Å². The molecule has 0 radical (unpaired) electrons. The lowest BCUT2D eigenvalue weighted by atomic mass is 10.0. The van der Waals surface area contributed by atoms with Gasteiger partial charge in [0.1, 0.15) is 23.7 Å². The first-order valence-corrected chi connectivity index (χ1v) is 8.44. The summed E-state index contributed by atoms with van der Waals surface area (Å²) in [5, 5.41) is 8.20. The van der Waals surface area contributed by atoms with E-state index in [1.54, 1.807) is 0 Å². The number of halogens is 2. The molecule has 1 fully saturated rings. The number of thioether (sulfide) groups is 1. The molecule has 2 aliphatic rings. The molecular formula is C14H22Cl2N3O3S+. The van der Waals surface area contributed by atoms with E-state index >= 15 is 0 Å². The van der Waals surface area contributed by atoms with Gasteiger partial charge in [-0.15, -0.1) is 24.2 Å². The fraction of sp³-hybridized carbons (Fsp3) is 0.571. The number of quaternary nitrogens is 1. The van der Waals surface area contributed by atoms with Crippen LogP contribution in [0.1, 0.15) is 0 Å². The molecule has 2 atom stereocenters. The zero-order valence-corrected chi connectivity index (χ0v) is 15.5. The van der Waals surface area contributed by atoms with Crippen LogP contribution in [0.4, 0.5) is 0 Å². The van der Waals surface area contributed by atoms with Crippen LogP contribution in [0, 0.1) is 0 Å². The van der Waals surface area contributed by atoms with Crippen LogP contribution >= 0.6 is 35.8 Å². The van der Waals surface area contributed by atoms with Crippen molar-refractivity contribution < 1.29 is 19.2 Å². The number of hydrogen-bond donors (Lipinski definition) is 2. The average Bonchev–Trinajstić information content (AvgIpc) is 2.45. The molecule has 0 saturated carbocycles. The summed E-state index contributed by atoms with van der Waals surface area (Å²) in [4.78, 5) is 25.0. The highest BCUT2D eigenvalue weighted by atomic mass is 35.5. The Morgan fingerprint density at radius 3 is 2.78 bits per heavy atom. The van der Waals surface area contributed by atoms with Gasteiger partial charge in [-0.2, -0.15) is 0 Å². The SMILES string of the molecule is C[N+](C)(C/C=C/C1=C(C(=O)Cl)N2C(=O)[C@@H](N)[C@H]2SC1)CCO.Cl.